The van der Waals surface area contributed by atoms with Gasteiger partial charge in [-0.15, -0.1) is 0 Å². The van der Waals surface area contributed by atoms with Gasteiger partial charge in [-0.1, -0.05) is 0 Å². The van der Waals surface area contributed by atoms with Gasteiger partial charge in [0.05, 0.1) is 11.9 Å². The maximum Gasteiger partial charge on any atom is 0.0962 e. The lowest BCUT2D eigenvalue weighted by atomic mass is 10.1. The molecule has 0 saturated carbocycles. The summed E-state index contributed by atoms with van der Waals surface area (Å²) in [4.78, 5) is 0. The Kier molecular flexibility index (Phi) is 4.23. The number of nitrogens with zero attached hydrogens (tertiary/aromatic N) is 2. The Hall–Kier alpha value is -0.940. The molecule has 0 aliphatic heterocycles. The van der Waals surface area contributed by atoms with E-state index in [1.54, 1.807) is 6.20 Å². The highest BCUT2D eigenvalue weighted by molar-refractivity contribution is 4.90. The van der Waals surface area contributed by atoms with Gasteiger partial charge < -0.3 is 10.6 Å². The number of aromatic nitrogens is 3. The van der Waals surface area contributed by atoms with Crippen molar-refractivity contribution in [2.75, 3.05) is 6.54 Å². The van der Waals surface area contributed by atoms with Crippen molar-refractivity contribution in [1.29, 1.82) is 0 Å². The van der Waals surface area contributed by atoms with Gasteiger partial charge in [0.25, 0.3) is 0 Å². The minimum atomic E-state index is 0.170. The molecule has 1 unspecified atom stereocenters. The van der Waals surface area contributed by atoms with Crippen LogP contribution in [0.2, 0.25) is 0 Å². The third kappa shape index (κ3) is 5.49. The van der Waals surface area contributed by atoms with Crippen LogP contribution >= 0.6 is 0 Å². The Labute approximate surface area is 91.0 Å². The zero-order valence-corrected chi connectivity index (χ0v) is 9.96. The highest BCUT2D eigenvalue weighted by Gasteiger charge is 2.10. The minimum Gasteiger partial charge on any atom is -0.311 e. The minimum absolute atomic E-state index is 0.170. The Morgan fingerprint density at radius 2 is 2.20 bits per heavy atom. The molecule has 0 aliphatic carbocycles. The summed E-state index contributed by atoms with van der Waals surface area (Å²) >= 11 is 0. The van der Waals surface area contributed by atoms with E-state index in [9.17, 15) is 0 Å². The molecule has 0 saturated heterocycles. The van der Waals surface area contributed by atoms with Gasteiger partial charge >= 0.3 is 0 Å². The maximum atomic E-state index is 3.98. The number of rotatable bonds is 5. The largest absolute Gasteiger partial charge is 0.311 e. The van der Waals surface area contributed by atoms with Gasteiger partial charge in [-0.25, -0.2) is 0 Å². The van der Waals surface area contributed by atoms with Crippen LogP contribution in [0.1, 0.15) is 33.4 Å². The highest BCUT2D eigenvalue weighted by Crippen LogP contribution is 1.98. The van der Waals surface area contributed by atoms with Crippen molar-refractivity contribution >= 4 is 0 Å². The Balaban J connectivity index is 2.16. The monoisotopic (exact) mass is 211 g/mol. The molecule has 0 aromatic carbocycles. The van der Waals surface area contributed by atoms with Crippen molar-refractivity contribution in [3.63, 3.8) is 0 Å². The Bertz CT molecular complexity index is 262. The topological polar surface area (TPSA) is 65.6 Å². The van der Waals surface area contributed by atoms with E-state index >= 15 is 0 Å². The molecule has 1 aromatic heterocycles. The second-order valence-electron chi connectivity index (χ2n) is 4.87. The lowest BCUT2D eigenvalue weighted by molar-refractivity contribution is 0.386. The van der Waals surface area contributed by atoms with Crippen LogP contribution in [0, 0.1) is 0 Å². The Morgan fingerprint density at radius 1 is 1.47 bits per heavy atom. The second kappa shape index (κ2) is 5.23. The van der Waals surface area contributed by atoms with Crippen LogP contribution in [-0.4, -0.2) is 33.5 Å². The van der Waals surface area contributed by atoms with Crippen molar-refractivity contribution < 1.29 is 0 Å². The van der Waals surface area contributed by atoms with E-state index in [-0.39, 0.29) is 5.54 Å². The number of hydrogen-bond donors (Lipinski definition) is 3. The van der Waals surface area contributed by atoms with Crippen LogP contribution in [-0.2, 0) is 6.54 Å². The first-order valence-electron chi connectivity index (χ1n) is 5.30. The van der Waals surface area contributed by atoms with Crippen molar-refractivity contribution in [3.8, 4) is 0 Å². The number of aromatic amines is 1. The fraction of sp³-hybridized carbons (Fsp3) is 0.800. The third-order valence-electron chi connectivity index (χ3n) is 2.04. The predicted octanol–water partition coefficient (Wildman–Crippen LogP) is 0.671. The zero-order valence-electron chi connectivity index (χ0n) is 9.96. The molecule has 1 rings (SSSR count). The van der Waals surface area contributed by atoms with Crippen LogP contribution in [0.25, 0.3) is 0 Å². The zero-order chi connectivity index (χ0) is 11.3. The third-order valence-corrected chi connectivity index (χ3v) is 2.04. The van der Waals surface area contributed by atoms with Crippen molar-refractivity contribution in [1.82, 2.24) is 26.0 Å². The maximum absolute atomic E-state index is 3.98. The van der Waals surface area contributed by atoms with Gasteiger partial charge in [0.2, 0.25) is 0 Å². The summed E-state index contributed by atoms with van der Waals surface area (Å²) in [5, 5.41) is 17.1. The van der Waals surface area contributed by atoms with E-state index in [4.69, 9.17) is 0 Å². The summed E-state index contributed by atoms with van der Waals surface area (Å²) in [6, 6.07) is 0.418. The molecule has 5 nitrogen and oxygen atoms in total. The van der Waals surface area contributed by atoms with Crippen LogP contribution in [0.5, 0.6) is 0 Å². The number of H-pyrrole nitrogens is 1. The van der Waals surface area contributed by atoms with E-state index in [2.05, 4.69) is 53.7 Å². The molecule has 0 spiro atoms. The summed E-state index contributed by atoms with van der Waals surface area (Å²) in [5.74, 6) is 0. The smallest absolute Gasteiger partial charge is 0.0962 e. The lowest BCUT2D eigenvalue weighted by Gasteiger charge is -2.23. The van der Waals surface area contributed by atoms with E-state index in [1.807, 2.05) is 0 Å². The molecule has 1 atom stereocenters. The summed E-state index contributed by atoms with van der Waals surface area (Å²) in [7, 11) is 0. The van der Waals surface area contributed by atoms with Gasteiger partial charge in [0.15, 0.2) is 0 Å². The molecule has 0 aliphatic rings. The van der Waals surface area contributed by atoms with Crippen LogP contribution in [0.4, 0.5) is 0 Å². The molecule has 3 N–H and O–H groups in total. The molecular formula is C10H21N5. The summed E-state index contributed by atoms with van der Waals surface area (Å²) in [5.41, 5.74) is 1.11. The van der Waals surface area contributed by atoms with Crippen molar-refractivity contribution in [3.05, 3.63) is 11.9 Å². The summed E-state index contributed by atoms with van der Waals surface area (Å²) in [6.07, 6.45) is 1.73. The molecule has 0 fully saturated rings. The molecule has 15 heavy (non-hydrogen) atoms. The normalized spacial score (nSPS) is 14.1. The van der Waals surface area contributed by atoms with Gasteiger partial charge in [0, 0.05) is 24.7 Å². The van der Waals surface area contributed by atoms with Crippen LogP contribution < -0.4 is 10.6 Å². The van der Waals surface area contributed by atoms with Gasteiger partial charge in [-0.05, 0) is 27.7 Å². The molecule has 1 heterocycles. The lowest BCUT2D eigenvalue weighted by Crippen LogP contribution is -2.44. The van der Waals surface area contributed by atoms with E-state index < -0.39 is 0 Å². The average molecular weight is 211 g/mol. The first-order chi connectivity index (χ1) is 6.97. The van der Waals surface area contributed by atoms with Gasteiger partial charge in [0.1, 0.15) is 0 Å². The molecule has 86 valence electrons. The van der Waals surface area contributed by atoms with Crippen molar-refractivity contribution in [2.45, 2.75) is 45.8 Å². The molecular weight excluding hydrogens is 190 g/mol. The molecule has 1 aromatic rings. The molecule has 0 radical (unpaired) electrons. The highest BCUT2D eigenvalue weighted by atomic mass is 15.3. The van der Waals surface area contributed by atoms with Gasteiger partial charge in [-0.3, -0.25) is 0 Å². The molecule has 5 heteroatoms. The fourth-order valence-corrected chi connectivity index (χ4v) is 1.12. The summed E-state index contributed by atoms with van der Waals surface area (Å²) < 4.78 is 0. The predicted molar refractivity (Wildman–Crippen MR) is 60.4 cm³/mol. The van der Waals surface area contributed by atoms with E-state index in [1.165, 1.54) is 0 Å². The number of hydrogen-bond acceptors (Lipinski definition) is 4. The first-order valence-corrected chi connectivity index (χ1v) is 5.30. The summed E-state index contributed by atoms with van der Waals surface area (Å²) in [6.45, 7) is 10.3. The van der Waals surface area contributed by atoms with Crippen LogP contribution in [0.15, 0.2) is 6.20 Å². The fourth-order valence-electron chi connectivity index (χ4n) is 1.12. The quantitative estimate of drug-likeness (QED) is 0.670. The van der Waals surface area contributed by atoms with Crippen LogP contribution in [0.3, 0.4) is 0 Å². The first kappa shape index (κ1) is 12.1. The van der Waals surface area contributed by atoms with Crippen molar-refractivity contribution in [2.24, 2.45) is 0 Å². The molecule has 0 bridgehead atoms. The molecule has 0 amide bonds. The van der Waals surface area contributed by atoms with E-state index in [0.717, 1.165) is 18.8 Å². The SMILES string of the molecule is CC(CNC(C)(C)C)NCc1cn[nH]n1. The standard InChI is InChI=1S/C10H21N5/c1-8(5-12-10(2,3)4)11-6-9-7-13-15-14-9/h7-8,11-12H,5-6H2,1-4H3,(H,13,14,15). The van der Waals surface area contributed by atoms with Gasteiger partial charge in [-0.2, -0.15) is 15.4 Å². The Morgan fingerprint density at radius 3 is 2.73 bits per heavy atom. The van der Waals surface area contributed by atoms with E-state index in [0.29, 0.717) is 6.04 Å². The number of nitrogens with one attached hydrogen (secondary N) is 3. The second-order valence-corrected chi connectivity index (χ2v) is 4.87. The average Bonchev–Trinajstić information content (AvgIpc) is 2.62.